The number of benzene rings is 1. The topological polar surface area (TPSA) is 127 Å². The molecule has 0 saturated carbocycles. The smallest absolute Gasteiger partial charge is 0.321 e. The fraction of sp³-hybridized carbons (Fsp3) is 0.222. The second-order valence-corrected chi connectivity index (χ2v) is 5.24. The Morgan fingerprint density at radius 1 is 1.53 bits per heavy atom. The van der Waals surface area contributed by atoms with E-state index in [4.69, 9.17) is 5.11 Å². The van der Waals surface area contributed by atoms with Crippen LogP contribution < -0.4 is 4.72 Å². The Hall–Kier alpha value is -2.07. The average molecular weight is 292 g/mol. The molecule has 0 fully saturated rings. The highest BCUT2D eigenvalue weighted by molar-refractivity contribution is 7.89. The lowest BCUT2D eigenvalue weighted by Gasteiger charge is -2.10. The van der Waals surface area contributed by atoms with Gasteiger partial charge >= 0.3 is 5.97 Å². The zero-order chi connectivity index (χ0) is 14.8. The second-order valence-electron chi connectivity index (χ2n) is 3.55. The number of nitrogens with one attached hydrogen (secondary N) is 1. The summed E-state index contributed by atoms with van der Waals surface area (Å²) in [7, 11) is -4.50. The molecule has 0 aliphatic rings. The minimum Gasteiger partial charge on any atom is -0.480 e. The second kappa shape index (κ2) is 5.28. The first-order valence-corrected chi connectivity index (χ1v) is 6.32. The first kappa shape index (κ1) is 15.0. The number of rotatable bonds is 5. The van der Waals surface area contributed by atoms with Gasteiger partial charge in [-0.05, 0) is 13.0 Å². The van der Waals surface area contributed by atoms with Gasteiger partial charge in [-0.2, -0.15) is 4.72 Å². The highest BCUT2D eigenvalue weighted by Gasteiger charge is 2.26. The minimum absolute atomic E-state index is 0.520. The van der Waals surface area contributed by atoms with Crippen LogP contribution in [0.25, 0.3) is 0 Å². The summed E-state index contributed by atoms with van der Waals surface area (Å²) in [6.45, 7) is 1.04. The van der Waals surface area contributed by atoms with Crippen LogP contribution >= 0.6 is 0 Å². The molecule has 0 aliphatic heterocycles. The van der Waals surface area contributed by atoms with E-state index >= 15 is 0 Å². The molecule has 104 valence electrons. The number of hydrogen-bond acceptors (Lipinski definition) is 5. The van der Waals surface area contributed by atoms with Crippen LogP contribution in [0.15, 0.2) is 23.1 Å². The highest BCUT2D eigenvalue weighted by Crippen LogP contribution is 2.21. The molecule has 1 atom stereocenters. The van der Waals surface area contributed by atoms with Gasteiger partial charge in [0.2, 0.25) is 10.0 Å². The van der Waals surface area contributed by atoms with Crippen molar-refractivity contribution in [3.63, 3.8) is 0 Å². The van der Waals surface area contributed by atoms with E-state index in [-0.39, 0.29) is 0 Å². The van der Waals surface area contributed by atoms with Crippen molar-refractivity contribution in [2.24, 2.45) is 0 Å². The van der Waals surface area contributed by atoms with Gasteiger partial charge in [-0.1, -0.05) is 0 Å². The fourth-order valence-electron chi connectivity index (χ4n) is 1.16. The Bertz CT molecular complexity index is 630. The molecule has 2 N–H and O–H groups in total. The summed E-state index contributed by atoms with van der Waals surface area (Å²) in [5, 5.41) is 19.1. The number of nitrogens with zero attached hydrogens (tertiary/aromatic N) is 1. The zero-order valence-electron chi connectivity index (χ0n) is 9.53. The largest absolute Gasteiger partial charge is 0.480 e. The van der Waals surface area contributed by atoms with Gasteiger partial charge in [0.1, 0.15) is 16.8 Å². The van der Waals surface area contributed by atoms with Gasteiger partial charge in [-0.3, -0.25) is 14.9 Å². The van der Waals surface area contributed by atoms with Crippen molar-refractivity contribution in [2.45, 2.75) is 17.9 Å². The Morgan fingerprint density at radius 3 is 2.58 bits per heavy atom. The molecule has 0 unspecified atom stereocenters. The van der Waals surface area contributed by atoms with E-state index in [1.54, 1.807) is 4.72 Å². The maximum absolute atomic E-state index is 13.4. The van der Waals surface area contributed by atoms with E-state index in [1.165, 1.54) is 0 Å². The van der Waals surface area contributed by atoms with Gasteiger partial charge in [-0.15, -0.1) is 0 Å². The molecule has 8 nitrogen and oxygen atoms in total. The van der Waals surface area contributed by atoms with Crippen LogP contribution in [0.4, 0.5) is 10.1 Å². The first-order valence-electron chi connectivity index (χ1n) is 4.84. The Labute approximate surface area is 107 Å². The van der Waals surface area contributed by atoms with Gasteiger partial charge in [0.25, 0.3) is 5.69 Å². The monoisotopic (exact) mass is 292 g/mol. The summed E-state index contributed by atoms with van der Waals surface area (Å²) in [6.07, 6.45) is 0. The number of sulfonamides is 1. The number of nitro groups is 1. The highest BCUT2D eigenvalue weighted by atomic mass is 32.2. The fourth-order valence-corrected chi connectivity index (χ4v) is 2.45. The standard InChI is InChI=1S/C9H9FN2O6S/c1-5(9(13)14)11-19(17,18)8-4-6(12(15)16)2-3-7(8)10/h2-5,11H,1H3,(H,13,14)/t5-/m0/s1. The number of nitro benzene ring substituents is 1. The number of halogens is 1. The molecule has 0 spiro atoms. The number of carbonyl (C=O) groups is 1. The summed E-state index contributed by atoms with van der Waals surface area (Å²) in [4.78, 5) is 19.2. The molecule has 19 heavy (non-hydrogen) atoms. The van der Waals surface area contributed by atoms with Crippen molar-refractivity contribution in [3.8, 4) is 0 Å². The molecule has 1 aromatic rings. The first-order chi connectivity index (χ1) is 8.65. The zero-order valence-corrected chi connectivity index (χ0v) is 10.3. The summed E-state index contributed by atoms with van der Waals surface area (Å²) >= 11 is 0. The SMILES string of the molecule is C[C@H](NS(=O)(=O)c1cc([N+](=O)[O-])ccc1F)C(=O)O. The van der Waals surface area contributed by atoms with E-state index in [0.29, 0.717) is 12.1 Å². The summed E-state index contributed by atoms with van der Waals surface area (Å²) in [5.41, 5.74) is -0.621. The van der Waals surface area contributed by atoms with Crippen LogP contribution in [0.2, 0.25) is 0 Å². The number of aliphatic carboxylic acids is 1. The quantitative estimate of drug-likeness (QED) is 0.600. The predicted molar refractivity (Wildman–Crippen MR) is 60.5 cm³/mol. The normalized spacial score (nSPS) is 12.9. The van der Waals surface area contributed by atoms with Crippen molar-refractivity contribution in [1.29, 1.82) is 0 Å². The molecule has 0 heterocycles. The average Bonchev–Trinajstić information content (AvgIpc) is 2.28. The number of carboxylic acid groups (broad SMARTS) is 1. The molecule has 0 bridgehead atoms. The lowest BCUT2D eigenvalue weighted by Crippen LogP contribution is -2.38. The van der Waals surface area contributed by atoms with Crippen LogP contribution in [0.3, 0.4) is 0 Å². The van der Waals surface area contributed by atoms with Gasteiger partial charge in [0.05, 0.1) is 4.92 Å². The Balaban J connectivity index is 3.24. The van der Waals surface area contributed by atoms with Crippen LogP contribution in [-0.4, -0.2) is 30.5 Å². The van der Waals surface area contributed by atoms with Gasteiger partial charge < -0.3 is 5.11 Å². The number of carboxylic acids is 1. The molecule has 0 aliphatic carbocycles. The number of non-ortho nitro benzene ring substituents is 1. The molecule has 10 heteroatoms. The lowest BCUT2D eigenvalue weighted by molar-refractivity contribution is -0.385. The third kappa shape index (κ3) is 3.45. The predicted octanol–water partition coefficient (Wildman–Crippen LogP) is 0.485. The van der Waals surface area contributed by atoms with Gasteiger partial charge in [0, 0.05) is 12.1 Å². The molecule has 0 amide bonds. The molecule has 1 aromatic carbocycles. The van der Waals surface area contributed by atoms with E-state index in [0.717, 1.165) is 13.0 Å². The van der Waals surface area contributed by atoms with Crippen LogP contribution in [0, 0.1) is 15.9 Å². The number of hydrogen-bond donors (Lipinski definition) is 2. The van der Waals surface area contributed by atoms with Crippen LogP contribution in [0.1, 0.15) is 6.92 Å². The van der Waals surface area contributed by atoms with E-state index in [2.05, 4.69) is 0 Å². The van der Waals surface area contributed by atoms with E-state index in [1.807, 2.05) is 0 Å². The third-order valence-corrected chi connectivity index (χ3v) is 3.67. The van der Waals surface area contributed by atoms with Gasteiger partial charge in [0.15, 0.2) is 0 Å². The molecule has 0 saturated heterocycles. The lowest BCUT2D eigenvalue weighted by atomic mass is 10.3. The molecular weight excluding hydrogens is 283 g/mol. The summed E-state index contributed by atoms with van der Waals surface area (Å²) < 4.78 is 38.5. The third-order valence-electron chi connectivity index (χ3n) is 2.12. The van der Waals surface area contributed by atoms with Crippen molar-refractivity contribution in [2.75, 3.05) is 0 Å². The van der Waals surface area contributed by atoms with Crippen molar-refractivity contribution >= 4 is 21.7 Å². The Morgan fingerprint density at radius 2 is 2.11 bits per heavy atom. The van der Waals surface area contributed by atoms with Crippen molar-refractivity contribution in [3.05, 3.63) is 34.1 Å². The van der Waals surface area contributed by atoms with Crippen molar-refractivity contribution < 1.29 is 27.6 Å². The van der Waals surface area contributed by atoms with Crippen LogP contribution in [-0.2, 0) is 14.8 Å². The van der Waals surface area contributed by atoms with Gasteiger partial charge in [-0.25, -0.2) is 12.8 Å². The molecule has 0 aromatic heterocycles. The summed E-state index contributed by atoms with van der Waals surface area (Å²) in [6, 6.07) is 0.447. The Kier molecular flexibility index (Phi) is 4.17. The maximum atomic E-state index is 13.4. The van der Waals surface area contributed by atoms with Crippen LogP contribution in [0.5, 0.6) is 0 Å². The molecule has 0 radical (unpaired) electrons. The van der Waals surface area contributed by atoms with E-state index in [9.17, 15) is 27.7 Å². The minimum atomic E-state index is -4.50. The summed E-state index contributed by atoms with van der Waals surface area (Å²) in [5.74, 6) is -2.68. The molecule has 1 rings (SSSR count). The molecular formula is C9H9FN2O6S. The maximum Gasteiger partial charge on any atom is 0.321 e. The van der Waals surface area contributed by atoms with Crippen molar-refractivity contribution in [1.82, 2.24) is 4.72 Å². The van der Waals surface area contributed by atoms with E-state index < -0.39 is 43.4 Å².